The molecule has 128 valence electrons. The summed E-state index contributed by atoms with van der Waals surface area (Å²) in [7, 11) is 0. The summed E-state index contributed by atoms with van der Waals surface area (Å²) in [4.78, 5) is 14.5. The Kier molecular flexibility index (Phi) is 4.81. The lowest BCUT2D eigenvalue weighted by Crippen LogP contribution is -2.34. The first kappa shape index (κ1) is 16.8. The molecule has 24 heavy (non-hydrogen) atoms. The Balaban J connectivity index is 1.74. The van der Waals surface area contributed by atoms with Crippen molar-refractivity contribution in [3.05, 3.63) is 46.3 Å². The molecule has 1 atom stereocenters. The Morgan fingerprint density at radius 2 is 2.21 bits per heavy atom. The van der Waals surface area contributed by atoms with Crippen LogP contribution in [0, 0.1) is 6.92 Å². The number of carbonyl (C=O) groups is 1. The molecule has 1 aliphatic heterocycles. The highest BCUT2D eigenvalue weighted by molar-refractivity contribution is 6.31. The van der Waals surface area contributed by atoms with Crippen molar-refractivity contribution >= 4 is 23.3 Å². The van der Waals surface area contributed by atoms with Gasteiger partial charge in [0.15, 0.2) is 0 Å². The van der Waals surface area contributed by atoms with E-state index in [4.69, 9.17) is 16.1 Å². The van der Waals surface area contributed by atoms with Crippen molar-refractivity contribution in [3.8, 4) is 0 Å². The van der Waals surface area contributed by atoms with Crippen LogP contribution in [0.5, 0.6) is 0 Å². The third-order valence-corrected chi connectivity index (χ3v) is 4.80. The number of nitrogens with one attached hydrogen (secondary N) is 1. The van der Waals surface area contributed by atoms with E-state index in [9.17, 15) is 4.79 Å². The molecule has 1 aromatic heterocycles. The largest absolute Gasteiger partial charge is 0.361 e. The van der Waals surface area contributed by atoms with E-state index in [0.717, 1.165) is 29.9 Å². The smallest absolute Gasteiger partial charge is 0.322 e. The fraction of sp³-hybridized carbons (Fsp3) is 0.444. The second-order valence-electron chi connectivity index (χ2n) is 6.55. The van der Waals surface area contributed by atoms with Gasteiger partial charge in [-0.3, -0.25) is 0 Å². The van der Waals surface area contributed by atoms with Crippen LogP contribution in [0.4, 0.5) is 10.5 Å². The molecule has 1 aromatic carbocycles. The van der Waals surface area contributed by atoms with Gasteiger partial charge in [0, 0.05) is 29.2 Å². The number of likely N-dealkylation sites (tertiary alicyclic amines) is 1. The van der Waals surface area contributed by atoms with Gasteiger partial charge < -0.3 is 14.7 Å². The molecule has 1 N–H and O–H groups in total. The van der Waals surface area contributed by atoms with E-state index < -0.39 is 0 Å². The number of halogens is 1. The van der Waals surface area contributed by atoms with Gasteiger partial charge in [0.05, 0.1) is 6.04 Å². The van der Waals surface area contributed by atoms with E-state index in [-0.39, 0.29) is 18.0 Å². The lowest BCUT2D eigenvalue weighted by atomic mass is 10.1. The number of benzene rings is 1. The number of aryl methyl sites for hydroxylation is 1. The summed E-state index contributed by atoms with van der Waals surface area (Å²) in [6.07, 6.45) is 1.85. The molecule has 3 rings (SSSR count). The highest BCUT2D eigenvalue weighted by atomic mass is 35.5. The lowest BCUT2D eigenvalue weighted by molar-refractivity contribution is 0.204. The molecule has 1 aliphatic rings. The second kappa shape index (κ2) is 6.85. The molecule has 2 amide bonds. The van der Waals surface area contributed by atoms with Gasteiger partial charge in [-0.2, -0.15) is 0 Å². The molecule has 0 bridgehead atoms. The maximum atomic E-state index is 12.6. The molecular weight excluding hydrogens is 326 g/mol. The number of aromatic nitrogens is 1. The number of urea groups is 1. The average Bonchev–Trinajstić information content (AvgIpc) is 3.18. The van der Waals surface area contributed by atoms with E-state index in [2.05, 4.69) is 24.3 Å². The van der Waals surface area contributed by atoms with Gasteiger partial charge in [0.25, 0.3) is 0 Å². The molecular formula is C18H22ClN3O2. The predicted molar refractivity (Wildman–Crippen MR) is 94.5 cm³/mol. The van der Waals surface area contributed by atoms with Crippen LogP contribution < -0.4 is 5.32 Å². The number of carbonyl (C=O) groups excluding carboxylic acids is 1. The van der Waals surface area contributed by atoms with Crippen LogP contribution >= 0.6 is 11.6 Å². The first-order valence-electron chi connectivity index (χ1n) is 8.26. The van der Waals surface area contributed by atoms with Crippen LogP contribution in [0.25, 0.3) is 0 Å². The highest BCUT2D eigenvalue weighted by Crippen LogP contribution is 2.33. The zero-order valence-electron chi connectivity index (χ0n) is 14.2. The quantitative estimate of drug-likeness (QED) is 0.837. The number of rotatable bonds is 3. The molecule has 1 fully saturated rings. The fourth-order valence-corrected chi connectivity index (χ4v) is 3.10. The first-order valence-corrected chi connectivity index (χ1v) is 8.64. The molecule has 1 saturated heterocycles. The van der Waals surface area contributed by atoms with Crippen LogP contribution in [-0.2, 0) is 0 Å². The molecule has 0 radical (unpaired) electrons. The van der Waals surface area contributed by atoms with E-state index >= 15 is 0 Å². The van der Waals surface area contributed by atoms with E-state index in [0.29, 0.717) is 17.3 Å². The molecule has 2 aromatic rings. The van der Waals surface area contributed by atoms with Crippen molar-refractivity contribution in [1.82, 2.24) is 10.1 Å². The Bertz CT molecular complexity index is 742. The predicted octanol–water partition coefficient (Wildman–Crippen LogP) is 5.13. The monoisotopic (exact) mass is 347 g/mol. The maximum Gasteiger partial charge on any atom is 0.322 e. The van der Waals surface area contributed by atoms with Crippen LogP contribution in [0.15, 0.2) is 28.8 Å². The summed E-state index contributed by atoms with van der Waals surface area (Å²) in [5.41, 5.74) is 2.51. The third-order valence-electron chi connectivity index (χ3n) is 4.39. The van der Waals surface area contributed by atoms with Crippen LogP contribution in [0.3, 0.4) is 0 Å². The van der Waals surface area contributed by atoms with Crippen LogP contribution in [0.1, 0.15) is 55.7 Å². The summed E-state index contributed by atoms with van der Waals surface area (Å²) < 4.78 is 5.39. The van der Waals surface area contributed by atoms with Crippen LogP contribution in [0.2, 0.25) is 5.02 Å². The van der Waals surface area contributed by atoms with Gasteiger partial charge >= 0.3 is 6.03 Å². The molecule has 6 heteroatoms. The molecule has 1 unspecified atom stereocenters. The molecule has 0 spiro atoms. The van der Waals surface area contributed by atoms with Crippen molar-refractivity contribution in [2.75, 3.05) is 11.9 Å². The Morgan fingerprint density at radius 3 is 2.88 bits per heavy atom. The number of anilines is 1. The van der Waals surface area contributed by atoms with Gasteiger partial charge in [-0.05, 0) is 37.5 Å². The zero-order valence-corrected chi connectivity index (χ0v) is 14.9. The minimum absolute atomic E-state index is 0.0397. The molecule has 2 heterocycles. The normalized spacial score (nSPS) is 17.5. The van der Waals surface area contributed by atoms with Gasteiger partial charge in [-0.1, -0.05) is 36.7 Å². The van der Waals surface area contributed by atoms with Gasteiger partial charge in [0.2, 0.25) is 0 Å². The molecule has 5 nitrogen and oxygen atoms in total. The summed E-state index contributed by atoms with van der Waals surface area (Å²) in [6.45, 7) is 6.76. The standard InChI is InChI=1S/C18H22ClN3O2/c1-11(2)17-10-15(21-24-17)16-5-4-8-22(16)18(23)20-13-7-6-12(3)14(19)9-13/h6-7,9-11,16H,4-5,8H2,1-3H3,(H,20,23). The van der Waals surface area contributed by atoms with E-state index in [1.807, 2.05) is 30.0 Å². The van der Waals surface area contributed by atoms with Gasteiger partial charge in [0.1, 0.15) is 11.5 Å². The average molecular weight is 348 g/mol. The zero-order chi connectivity index (χ0) is 17.3. The molecule has 0 saturated carbocycles. The first-order chi connectivity index (χ1) is 11.5. The Morgan fingerprint density at radius 1 is 1.42 bits per heavy atom. The maximum absolute atomic E-state index is 12.6. The number of nitrogens with zero attached hydrogens (tertiary/aromatic N) is 2. The topological polar surface area (TPSA) is 58.4 Å². The number of hydrogen-bond acceptors (Lipinski definition) is 3. The van der Waals surface area contributed by atoms with Crippen molar-refractivity contribution in [2.24, 2.45) is 0 Å². The minimum Gasteiger partial charge on any atom is -0.361 e. The summed E-state index contributed by atoms with van der Waals surface area (Å²) in [6, 6.07) is 7.31. The minimum atomic E-state index is -0.133. The number of hydrogen-bond donors (Lipinski definition) is 1. The fourth-order valence-electron chi connectivity index (χ4n) is 2.92. The number of amides is 2. The second-order valence-corrected chi connectivity index (χ2v) is 6.96. The summed E-state index contributed by atoms with van der Waals surface area (Å²) in [5, 5.41) is 7.73. The Labute approximate surface area is 147 Å². The van der Waals surface area contributed by atoms with Crippen molar-refractivity contribution in [3.63, 3.8) is 0 Å². The van der Waals surface area contributed by atoms with E-state index in [1.165, 1.54) is 0 Å². The Hall–Kier alpha value is -2.01. The lowest BCUT2D eigenvalue weighted by Gasteiger charge is -2.23. The van der Waals surface area contributed by atoms with Gasteiger partial charge in [-0.25, -0.2) is 4.79 Å². The third kappa shape index (κ3) is 3.41. The van der Waals surface area contributed by atoms with Crippen molar-refractivity contribution in [1.29, 1.82) is 0 Å². The SMILES string of the molecule is Cc1ccc(NC(=O)N2CCCC2c2cc(C(C)C)on2)cc1Cl. The van der Waals surface area contributed by atoms with Crippen LogP contribution in [-0.4, -0.2) is 22.6 Å². The van der Waals surface area contributed by atoms with E-state index in [1.54, 1.807) is 6.07 Å². The van der Waals surface area contributed by atoms with Crippen molar-refractivity contribution in [2.45, 2.75) is 45.6 Å². The van der Waals surface area contributed by atoms with Gasteiger partial charge in [-0.15, -0.1) is 0 Å². The summed E-state index contributed by atoms with van der Waals surface area (Å²) >= 11 is 6.13. The van der Waals surface area contributed by atoms with Crippen molar-refractivity contribution < 1.29 is 9.32 Å². The summed E-state index contributed by atoms with van der Waals surface area (Å²) in [5.74, 6) is 1.13. The highest BCUT2D eigenvalue weighted by Gasteiger charge is 2.32. The molecule has 0 aliphatic carbocycles.